The molecule has 0 saturated heterocycles. The summed E-state index contributed by atoms with van der Waals surface area (Å²) in [5.74, 6) is 0.290. The molecule has 16 heavy (non-hydrogen) atoms. The van der Waals surface area contributed by atoms with Crippen LogP contribution < -0.4 is 0 Å². The lowest BCUT2D eigenvalue weighted by atomic mass is 9.93. The molecule has 1 heterocycles. The Labute approximate surface area is 104 Å². The van der Waals surface area contributed by atoms with Crippen molar-refractivity contribution in [3.8, 4) is 0 Å². The van der Waals surface area contributed by atoms with Crippen molar-refractivity contribution in [1.82, 2.24) is 4.98 Å². The van der Waals surface area contributed by atoms with E-state index in [2.05, 4.69) is 27.5 Å². The number of hydrogen-bond acceptors (Lipinski definition) is 2. The summed E-state index contributed by atoms with van der Waals surface area (Å²) in [6.07, 6.45) is 5.36. The summed E-state index contributed by atoms with van der Waals surface area (Å²) in [5.41, 5.74) is 1.76. The van der Waals surface area contributed by atoms with Crippen LogP contribution in [0.5, 0.6) is 0 Å². The smallest absolute Gasteiger partial charge is 0.168 e. The van der Waals surface area contributed by atoms with Gasteiger partial charge in [-0.3, -0.25) is 9.78 Å². The predicted molar refractivity (Wildman–Crippen MR) is 67.7 cm³/mol. The molecule has 2 nitrogen and oxygen atoms in total. The number of ketones is 1. The highest BCUT2D eigenvalue weighted by Gasteiger charge is 2.25. The Morgan fingerprint density at radius 3 is 3.19 bits per heavy atom. The zero-order valence-electron chi connectivity index (χ0n) is 9.08. The molecule has 1 aromatic heterocycles. The second kappa shape index (κ2) is 4.91. The van der Waals surface area contributed by atoms with Crippen molar-refractivity contribution in [1.29, 1.82) is 0 Å². The summed E-state index contributed by atoms with van der Waals surface area (Å²) < 4.78 is 0.901. The van der Waals surface area contributed by atoms with Crippen molar-refractivity contribution in [2.75, 3.05) is 0 Å². The number of halogens is 1. The zero-order chi connectivity index (χ0) is 11.5. The number of fused-ring (bicyclic) bond motifs is 1. The molecule has 0 amide bonds. The molecule has 0 bridgehead atoms. The molecule has 2 rings (SSSR count). The second-order valence-corrected chi connectivity index (χ2v) is 5.29. The Morgan fingerprint density at radius 1 is 1.62 bits per heavy atom. The molecule has 1 aromatic rings. The van der Waals surface area contributed by atoms with Crippen LogP contribution in [-0.4, -0.2) is 10.8 Å². The summed E-state index contributed by atoms with van der Waals surface area (Å²) in [6, 6.07) is 3.72. The number of allylic oxidation sites excluding steroid dienone is 1. The summed E-state index contributed by atoms with van der Waals surface area (Å²) in [5, 5.41) is 0. The Hall–Kier alpha value is -0.960. The maximum atomic E-state index is 12.3. The SMILES string of the molecule is C=C(Br)CC1CCCc2ncccc2C1=O. The second-order valence-electron chi connectivity index (χ2n) is 4.17. The van der Waals surface area contributed by atoms with Gasteiger partial charge in [0.1, 0.15) is 0 Å². The first-order valence-corrected chi connectivity index (χ1v) is 6.29. The van der Waals surface area contributed by atoms with Gasteiger partial charge >= 0.3 is 0 Å². The van der Waals surface area contributed by atoms with Crippen molar-refractivity contribution in [2.45, 2.75) is 25.7 Å². The van der Waals surface area contributed by atoms with Crippen molar-refractivity contribution in [3.05, 3.63) is 40.6 Å². The van der Waals surface area contributed by atoms with Gasteiger partial charge < -0.3 is 0 Å². The number of carbonyl (C=O) groups is 1. The van der Waals surface area contributed by atoms with E-state index in [-0.39, 0.29) is 11.7 Å². The number of aryl methyl sites for hydroxylation is 1. The zero-order valence-corrected chi connectivity index (χ0v) is 10.7. The van der Waals surface area contributed by atoms with Crippen molar-refractivity contribution < 1.29 is 4.79 Å². The van der Waals surface area contributed by atoms with Gasteiger partial charge in [0.25, 0.3) is 0 Å². The van der Waals surface area contributed by atoms with Gasteiger partial charge in [0.2, 0.25) is 0 Å². The molecule has 0 fully saturated rings. The van der Waals surface area contributed by atoms with Gasteiger partial charge in [0.05, 0.1) is 5.69 Å². The summed E-state index contributed by atoms with van der Waals surface area (Å²) in [7, 11) is 0. The van der Waals surface area contributed by atoms with Crippen LogP contribution in [0.25, 0.3) is 0 Å². The fraction of sp³-hybridized carbons (Fsp3) is 0.385. The monoisotopic (exact) mass is 279 g/mol. The van der Waals surface area contributed by atoms with E-state index < -0.39 is 0 Å². The van der Waals surface area contributed by atoms with Crippen LogP contribution in [-0.2, 0) is 6.42 Å². The number of aromatic nitrogens is 1. The molecular weight excluding hydrogens is 266 g/mol. The van der Waals surface area contributed by atoms with E-state index in [1.807, 2.05) is 12.1 Å². The molecule has 1 aliphatic carbocycles. The number of rotatable bonds is 2. The molecule has 1 aliphatic rings. The van der Waals surface area contributed by atoms with Gasteiger partial charge in [0.15, 0.2) is 5.78 Å². The molecule has 0 aliphatic heterocycles. The van der Waals surface area contributed by atoms with E-state index >= 15 is 0 Å². The molecule has 0 radical (unpaired) electrons. The van der Waals surface area contributed by atoms with E-state index in [9.17, 15) is 4.79 Å². The van der Waals surface area contributed by atoms with Crippen LogP contribution in [0.4, 0.5) is 0 Å². The number of nitrogens with zero attached hydrogens (tertiary/aromatic N) is 1. The number of Topliss-reactive ketones (excluding diaryl/α,β-unsaturated/α-hetero) is 1. The third-order valence-electron chi connectivity index (χ3n) is 2.96. The van der Waals surface area contributed by atoms with Crippen LogP contribution in [0.3, 0.4) is 0 Å². The highest BCUT2D eigenvalue weighted by atomic mass is 79.9. The standard InChI is InChI=1S/C13H14BrNO/c1-9(14)8-10-4-2-6-12-11(13(10)16)5-3-7-15-12/h3,5,7,10H,1-2,4,6,8H2. The highest BCUT2D eigenvalue weighted by molar-refractivity contribution is 9.11. The average molecular weight is 280 g/mol. The van der Waals surface area contributed by atoms with Gasteiger partial charge in [-0.25, -0.2) is 0 Å². The Morgan fingerprint density at radius 2 is 2.44 bits per heavy atom. The topological polar surface area (TPSA) is 30.0 Å². The molecule has 0 saturated carbocycles. The summed E-state index contributed by atoms with van der Waals surface area (Å²) in [6.45, 7) is 3.82. The maximum absolute atomic E-state index is 12.3. The molecule has 1 unspecified atom stereocenters. The highest BCUT2D eigenvalue weighted by Crippen LogP contribution is 2.28. The Balaban J connectivity index is 2.30. The first kappa shape index (κ1) is 11.5. The first-order chi connectivity index (χ1) is 7.68. The number of hydrogen-bond donors (Lipinski definition) is 0. The van der Waals surface area contributed by atoms with Crippen LogP contribution in [0.2, 0.25) is 0 Å². The van der Waals surface area contributed by atoms with Crippen LogP contribution in [0.15, 0.2) is 29.4 Å². The maximum Gasteiger partial charge on any atom is 0.168 e. The van der Waals surface area contributed by atoms with Gasteiger partial charge in [-0.1, -0.05) is 22.5 Å². The van der Waals surface area contributed by atoms with Crippen molar-refractivity contribution in [3.63, 3.8) is 0 Å². The Kier molecular flexibility index (Phi) is 3.54. The molecule has 0 aromatic carbocycles. The van der Waals surface area contributed by atoms with E-state index in [4.69, 9.17) is 0 Å². The van der Waals surface area contributed by atoms with E-state index in [1.54, 1.807) is 6.20 Å². The van der Waals surface area contributed by atoms with Gasteiger partial charge in [-0.2, -0.15) is 0 Å². The summed E-state index contributed by atoms with van der Waals surface area (Å²) in [4.78, 5) is 16.6. The molecule has 0 spiro atoms. The predicted octanol–water partition coefficient (Wildman–Crippen LogP) is 3.52. The van der Waals surface area contributed by atoms with Crippen molar-refractivity contribution in [2.24, 2.45) is 5.92 Å². The van der Waals surface area contributed by atoms with E-state index in [0.29, 0.717) is 0 Å². The van der Waals surface area contributed by atoms with Crippen LogP contribution in [0, 0.1) is 5.92 Å². The van der Waals surface area contributed by atoms with Gasteiger partial charge in [0, 0.05) is 17.7 Å². The molecular formula is C13H14BrNO. The largest absolute Gasteiger partial charge is 0.294 e. The molecule has 0 N–H and O–H groups in total. The lowest BCUT2D eigenvalue weighted by Crippen LogP contribution is -2.14. The average Bonchev–Trinajstić information content (AvgIpc) is 2.40. The number of carbonyl (C=O) groups excluding carboxylic acids is 1. The first-order valence-electron chi connectivity index (χ1n) is 5.50. The van der Waals surface area contributed by atoms with Gasteiger partial charge in [-0.15, -0.1) is 0 Å². The number of pyridine rings is 1. The van der Waals surface area contributed by atoms with Gasteiger partial charge in [-0.05, 0) is 42.3 Å². The fourth-order valence-corrected chi connectivity index (χ4v) is 2.58. The lowest BCUT2D eigenvalue weighted by Gasteiger charge is -2.12. The third-order valence-corrected chi connectivity index (χ3v) is 3.28. The minimum atomic E-state index is 0.0670. The van der Waals surface area contributed by atoms with Crippen molar-refractivity contribution >= 4 is 21.7 Å². The van der Waals surface area contributed by atoms with Crippen LogP contribution in [0.1, 0.15) is 35.3 Å². The fourth-order valence-electron chi connectivity index (χ4n) is 2.19. The molecule has 84 valence electrons. The summed E-state index contributed by atoms with van der Waals surface area (Å²) >= 11 is 3.34. The lowest BCUT2D eigenvalue weighted by molar-refractivity contribution is 0.0916. The quantitative estimate of drug-likeness (QED) is 0.776. The minimum Gasteiger partial charge on any atom is -0.294 e. The minimum absolute atomic E-state index is 0.0670. The molecule has 3 heteroatoms. The third kappa shape index (κ3) is 2.40. The normalized spacial score (nSPS) is 20.1. The molecule has 1 atom stereocenters. The Bertz CT molecular complexity index is 428. The van der Waals surface area contributed by atoms with E-state index in [1.165, 1.54) is 0 Å². The van der Waals surface area contributed by atoms with E-state index in [0.717, 1.165) is 41.4 Å². The van der Waals surface area contributed by atoms with Crippen LogP contribution >= 0.6 is 15.9 Å².